The van der Waals surface area contributed by atoms with Gasteiger partial charge in [-0.25, -0.2) is 0 Å². The number of aliphatic hydroxyl groups is 1. The van der Waals surface area contributed by atoms with Gasteiger partial charge in [0.25, 0.3) is 0 Å². The van der Waals surface area contributed by atoms with Gasteiger partial charge in [0.05, 0.1) is 11.0 Å². The number of phenols is 1. The fourth-order valence-electron chi connectivity index (χ4n) is 7.09. The van der Waals surface area contributed by atoms with Crippen LogP contribution in [0.1, 0.15) is 30.4 Å². The Bertz CT molecular complexity index is 806. The lowest BCUT2D eigenvalue weighted by molar-refractivity contribution is -0.165. The Labute approximate surface area is 133 Å². The molecule has 2 saturated carbocycles. The van der Waals surface area contributed by atoms with Crippen molar-refractivity contribution < 1.29 is 19.7 Å². The molecular weight excluding hydrogens is 294 g/mol. The number of carbonyl (C=O) groups is 1. The van der Waals surface area contributed by atoms with Gasteiger partial charge < -0.3 is 14.9 Å². The van der Waals surface area contributed by atoms with Gasteiger partial charge in [-0.15, -0.1) is 0 Å². The molecule has 0 radical (unpaired) electrons. The van der Waals surface area contributed by atoms with E-state index in [1.807, 2.05) is 6.07 Å². The van der Waals surface area contributed by atoms with E-state index in [4.69, 9.17) is 4.74 Å². The molecule has 6 rings (SSSR count). The molecule has 0 amide bonds. The van der Waals surface area contributed by atoms with Crippen molar-refractivity contribution in [1.82, 2.24) is 4.90 Å². The number of Topliss-reactive ketones (excluding diaryl/α,β-unsaturated/α-hetero) is 1. The summed E-state index contributed by atoms with van der Waals surface area (Å²) in [5.41, 5.74) is 0.505. The van der Waals surface area contributed by atoms with Gasteiger partial charge in [-0.3, -0.25) is 9.69 Å². The summed E-state index contributed by atoms with van der Waals surface area (Å²) in [5, 5.41) is 22.1. The van der Waals surface area contributed by atoms with Crippen molar-refractivity contribution >= 4 is 5.78 Å². The lowest BCUT2D eigenvalue weighted by Gasteiger charge is -2.57. The van der Waals surface area contributed by atoms with E-state index in [-0.39, 0.29) is 23.0 Å². The molecule has 3 fully saturated rings. The summed E-state index contributed by atoms with van der Waals surface area (Å²) in [6.45, 7) is 0.957. The first-order chi connectivity index (χ1) is 10.9. The standard InChI is InChI=1S/C18H19NO4/c1-19-8-16-6-9-2-3-10(20)13-12(9)17(7-16)14(23-13)11(21)4-5-18(17,22)15(16)19/h2-3,14-15,20,22H,4-8H2,1H3/t14-,15+,16?,17-,18+/m0/s1. The molecule has 1 saturated heterocycles. The third kappa shape index (κ3) is 1.02. The molecule has 2 spiro atoms. The van der Waals surface area contributed by atoms with Gasteiger partial charge in [0.15, 0.2) is 23.4 Å². The van der Waals surface area contributed by atoms with Crippen molar-refractivity contribution in [2.75, 3.05) is 13.6 Å². The van der Waals surface area contributed by atoms with Crippen LogP contribution in [0, 0.1) is 5.41 Å². The topological polar surface area (TPSA) is 70.0 Å². The Morgan fingerprint density at radius 1 is 1.39 bits per heavy atom. The molecule has 23 heavy (non-hydrogen) atoms. The molecule has 5 heteroatoms. The van der Waals surface area contributed by atoms with Crippen LogP contribution in [0.3, 0.4) is 0 Å². The Kier molecular flexibility index (Phi) is 1.82. The van der Waals surface area contributed by atoms with Crippen LogP contribution >= 0.6 is 0 Å². The normalized spacial score (nSPS) is 48.5. The van der Waals surface area contributed by atoms with Crippen molar-refractivity contribution in [2.45, 2.75) is 48.8 Å². The number of aromatic hydroxyl groups is 1. The van der Waals surface area contributed by atoms with Crippen molar-refractivity contribution in [3.63, 3.8) is 0 Å². The summed E-state index contributed by atoms with van der Waals surface area (Å²) in [7, 11) is 2.06. The molecule has 2 bridgehead atoms. The fraction of sp³-hybridized carbons (Fsp3) is 0.611. The van der Waals surface area contributed by atoms with Gasteiger partial charge in [-0.1, -0.05) is 6.07 Å². The van der Waals surface area contributed by atoms with Crippen LogP contribution in [0.4, 0.5) is 0 Å². The maximum Gasteiger partial charge on any atom is 0.174 e. The molecule has 5 nitrogen and oxygen atoms in total. The molecule has 3 aliphatic carbocycles. The van der Waals surface area contributed by atoms with E-state index in [1.165, 1.54) is 0 Å². The largest absolute Gasteiger partial charge is 0.504 e. The van der Waals surface area contributed by atoms with Gasteiger partial charge in [-0.2, -0.15) is 0 Å². The van der Waals surface area contributed by atoms with Gasteiger partial charge in [0.2, 0.25) is 0 Å². The van der Waals surface area contributed by atoms with Gasteiger partial charge in [-0.05, 0) is 37.9 Å². The molecule has 2 N–H and O–H groups in total. The van der Waals surface area contributed by atoms with Crippen LogP contribution in [0.5, 0.6) is 11.5 Å². The highest BCUT2D eigenvalue weighted by atomic mass is 16.5. The predicted molar refractivity (Wildman–Crippen MR) is 80.6 cm³/mol. The van der Waals surface area contributed by atoms with E-state index in [1.54, 1.807) is 6.07 Å². The molecule has 5 atom stereocenters. The second-order valence-corrected chi connectivity index (χ2v) is 8.34. The molecule has 120 valence electrons. The average Bonchev–Trinajstić information content (AvgIpc) is 2.91. The van der Waals surface area contributed by atoms with E-state index in [9.17, 15) is 15.0 Å². The second-order valence-electron chi connectivity index (χ2n) is 8.34. The van der Waals surface area contributed by atoms with Crippen molar-refractivity contribution in [2.24, 2.45) is 5.41 Å². The van der Waals surface area contributed by atoms with Gasteiger partial charge in [0.1, 0.15) is 0 Å². The maximum absolute atomic E-state index is 12.6. The minimum Gasteiger partial charge on any atom is -0.504 e. The first-order valence-electron chi connectivity index (χ1n) is 8.40. The minimum absolute atomic E-state index is 0.0430. The first kappa shape index (κ1) is 12.8. The zero-order valence-corrected chi connectivity index (χ0v) is 13.0. The Morgan fingerprint density at radius 3 is 3.00 bits per heavy atom. The summed E-state index contributed by atoms with van der Waals surface area (Å²) < 4.78 is 6.01. The summed E-state index contributed by atoms with van der Waals surface area (Å²) in [6, 6.07) is 3.71. The lowest BCUT2D eigenvalue weighted by atomic mass is 9.57. The Morgan fingerprint density at radius 2 is 2.22 bits per heavy atom. The van der Waals surface area contributed by atoms with Gasteiger partial charge in [0, 0.05) is 30.0 Å². The third-order valence-electron chi connectivity index (χ3n) is 7.38. The average molecular weight is 313 g/mol. The van der Waals surface area contributed by atoms with Crippen LogP contribution < -0.4 is 4.74 Å². The summed E-state index contributed by atoms with van der Waals surface area (Å²) in [6.07, 6.45) is 1.91. The summed E-state index contributed by atoms with van der Waals surface area (Å²) >= 11 is 0. The van der Waals surface area contributed by atoms with Crippen LogP contribution in [0.2, 0.25) is 0 Å². The molecule has 1 aromatic rings. The Balaban J connectivity index is 1.74. The number of likely N-dealkylation sites (tertiary alicyclic amines) is 1. The van der Waals surface area contributed by atoms with Crippen LogP contribution in [-0.2, 0) is 16.6 Å². The first-order valence-corrected chi connectivity index (χ1v) is 8.40. The van der Waals surface area contributed by atoms with Crippen LogP contribution in [-0.4, -0.2) is 52.2 Å². The van der Waals surface area contributed by atoms with Crippen molar-refractivity contribution in [3.05, 3.63) is 23.3 Å². The number of carbonyl (C=O) groups excluding carboxylic acids is 1. The van der Waals surface area contributed by atoms with E-state index in [0.29, 0.717) is 18.6 Å². The monoisotopic (exact) mass is 313 g/mol. The minimum atomic E-state index is -0.942. The highest BCUT2D eigenvalue weighted by Crippen LogP contribution is 2.74. The number of nitrogens with zero attached hydrogens (tertiary/aromatic N) is 1. The summed E-state index contributed by atoms with van der Waals surface area (Å²) in [5.74, 6) is 0.600. The number of fused-ring (bicyclic) bond motifs is 1. The second kappa shape index (κ2) is 3.28. The molecule has 0 aromatic heterocycles. The van der Waals surface area contributed by atoms with E-state index >= 15 is 0 Å². The molecule has 2 heterocycles. The number of phenolic OH excluding ortho intramolecular Hbond substituents is 1. The number of ketones is 1. The third-order valence-corrected chi connectivity index (χ3v) is 7.38. The highest BCUT2D eigenvalue weighted by Gasteiger charge is 2.82. The Hall–Kier alpha value is -1.59. The fourth-order valence-corrected chi connectivity index (χ4v) is 7.09. The number of hydrogen-bond acceptors (Lipinski definition) is 5. The van der Waals surface area contributed by atoms with Crippen LogP contribution in [0.25, 0.3) is 0 Å². The van der Waals surface area contributed by atoms with Crippen molar-refractivity contribution in [1.29, 1.82) is 0 Å². The number of hydrogen-bond donors (Lipinski definition) is 2. The zero-order valence-electron chi connectivity index (χ0n) is 13.0. The lowest BCUT2D eigenvalue weighted by Crippen LogP contribution is -2.71. The van der Waals surface area contributed by atoms with E-state index < -0.39 is 17.1 Å². The quantitative estimate of drug-likeness (QED) is 0.739. The molecule has 5 aliphatic rings. The molecular formula is C18H19NO4. The highest BCUT2D eigenvalue weighted by molar-refractivity contribution is 5.90. The number of ether oxygens (including phenoxy) is 1. The number of rotatable bonds is 0. The SMILES string of the molecule is CN1CC23Cc4ccc(O)c5c4[C@@]4(C2)[C@@H](O5)C(=O)CC[C@@]4(O)[C@H]13. The van der Waals surface area contributed by atoms with Crippen LogP contribution in [0.15, 0.2) is 12.1 Å². The van der Waals surface area contributed by atoms with Crippen molar-refractivity contribution in [3.8, 4) is 11.5 Å². The maximum atomic E-state index is 12.6. The smallest absolute Gasteiger partial charge is 0.174 e. The molecule has 1 aromatic carbocycles. The molecule has 1 unspecified atom stereocenters. The molecule has 2 aliphatic heterocycles. The zero-order chi connectivity index (χ0) is 15.8. The number of benzene rings is 1. The van der Waals surface area contributed by atoms with E-state index in [2.05, 4.69) is 11.9 Å². The predicted octanol–water partition coefficient (Wildman–Crippen LogP) is 0.745. The number of likely N-dealkylation sites (N-methyl/N-ethyl adjacent to an activating group) is 1. The van der Waals surface area contributed by atoms with Gasteiger partial charge >= 0.3 is 0 Å². The summed E-state index contributed by atoms with van der Waals surface area (Å²) in [4.78, 5) is 14.9. The van der Waals surface area contributed by atoms with E-state index in [0.717, 1.165) is 30.5 Å².